The monoisotopic (exact) mass is 235 g/mol. The highest BCUT2D eigenvalue weighted by Gasteiger charge is 2.21. The largest absolute Gasteiger partial charge is 0.478 e. The van der Waals surface area contributed by atoms with Crippen LogP contribution in [0.4, 0.5) is 5.69 Å². The molecule has 0 saturated carbocycles. The summed E-state index contributed by atoms with van der Waals surface area (Å²) in [5.74, 6) is -0.840. The van der Waals surface area contributed by atoms with Crippen LogP contribution in [0.25, 0.3) is 0 Å². The van der Waals surface area contributed by atoms with E-state index in [4.69, 9.17) is 5.11 Å². The van der Waals surface area contributed by atoms with E-state index in [-0.39, 0.29) is 11.5 Å². The highest BCUT2D eigenvalue weighted by molar-refractivity contribution is 5.96. The topological polar surface area (TPSA) is 57.6 Å². The number of nitrogens with zero attached hydrogens (tertiary/aromatic N) is 1. The first-order chi connectivity index (χ1) is 8.18. The molecule has 0 unspecified atom stereocenters. The summed E-state index contributed by atoms with van der Waals surface area (Å²) in [6.45, 7) is 4.73. The highest BCUT2D eigenvalue weighted by atomic mass is 16.4. The predicted molar refractivity (Wildman–Crippen MR) is 66.3 cm³/mol. The fourth-order valence-electron chi connectivity index (χ4n) is 1.71. The number of rotatable bonds is 2. The van der Waals surface area contributed by atoms with Gasteiger partial charge >= 0.3 is 5.97 Å². The number of benzene rings is 1. The third kappa shape index (κ3) is 3.06. The quantitative estimate of drug-likeness (QED) is 0.857. The van der Waals surface area contributed by atoms with Gasteiger partial charge < -0.3 is 10.0 Å². The Bertz CT molecular complexity index is 398. The number of carbonyl (C=O) groups excluding carboxylic acids is 1. The van der Waals surface area contributed by atoms with Crippen molar-refractivity contribution in [2.45, 2.75) is 26.7 Å². The lowest BCUT2D eigenvalue weighted by Crippen LogP contribution is -2.23. The number of carbonyl (C=O) groups is 2. The Balaban J connectivity index is 0.000000686. The van der Waals surface area contributed by atoms with Crippen LogP contribution in [0.5, 0.6) is 0 Å². The fraction of sp³-hybridized carbons (Fsp3) is 0.385. The van der Waals surface area contributed by atoms with E-state index in [0.29, 0.717) is 6.42 Å². The van der Waals surface area contributed by atoms with Gasteiger partial charge in [-0.15, -0.1) is 0 Å². The predicted octanol–water partition coefficient (Wildman–Crippen LogP) is 2.54. The zero-order chi connectivity index (χ0) is 12.8. The fourth-order valence-corrected chi connectivity index (χ4v) is 1.71. The van der Waals surface area contributed by atoms with Gasteiger partial charge in [0.2, 0.25) is 5.91 Å². The maximum Gasteiger partial charge on any atom is 0.335 e. The van der Waals surface area contributed by atoms with Crippen molar-refractivity contribution in [3.05, 3.63) is 29.8 Å². The molecular formula is C13H17NO3. The van der Waals surface area contributed by atoms with Gasteiger partial charge in [-0.05, 0) is 30.7 Å². The van der Waals surface area contributed by atoms with Crippen LogP contribution in [-0.4, -0.2) is 23.5 Å². The van der Waals surface area contributed by atoms with Gasteiger partial charge in [0.15, 0.2) is 0 Å². The third-order valence-electron chi connectivity index (χ3n) is 2.50. The molecule has 0 bridgehead atoms. The lowest BCUT2D eigenvalue weighted by Gasteiger charge is -2.15. The van der Waals surface area contributed by atoms with E-state index in [9.17, 15) is 9.59 Å². The first-order valence-corrected chi connectivity index (χ1v) is 5.82. The molecule has 1 aliphatic heterocycles. The summed E-state index contributed by atoms with van der Waals surface area (Å²) in [6, 6.07) is 6.38. The van der Waals surface area contributed by atoms with Crippen LogP contribution in [-0.2, 0) is 4.79 Å². The number of anilines is 1. The smallest absolute Gasteiger partial charge is 0.335 e. The van der Waals surface area contributed by atoms with Crippen molar-refractivity contribution < 1.29 is 14.7 Å². The number of hydrogen-bond acceptors (Lipinski definition) is 2. The van der Waals surface area contributed by atoms with Gasteiger partial charge in [0.1, 0.15) is 0 Å². The maximum atomic E-state index is 11.4. The summed E-state index contributed by atoms with van der Waals surface area (Å²) in [4.78, 5) is 23.7. The lowest BCUT2D eigenvalue weighted by atomic mass is 10.2. The Labute approximate surface area is 101 Å². The van der Waals surface area contributed by atoms with Crippen molar-refractivity contribution in [3.8, 4) is 0 Å². The lowest BCUT2D eigenvalue weighted by molar-refractivity contribution is -0.117. The first-order valence-electron chi connectivity index (χ1n) is 5.82. The normalized spacial score (nSPS) is 14.2. The summed E-state index contributed by atoms with van der Waals surface area (Å²) >= 11 is 0. The summed E-state index contributed by atoms with van der Waals surface area (Å²) in [5, 5.41) is 8.71. The van der Waals surface area contributed by atoms with E-state index < -0.39 is 5.97 Å². The Morgan fingerprint density at radius 1 is 1.24 bits per heavy atom. The van der Waals surface area contributed by atoms with Crippen LogP contribution in [0.2, 0.25) is 0 Å². The minimum Gasteiger partial charge on any atom is -0.478 e. The molecule has 0 radical (unpaired) electrons. The minimum absolute atomic E-state index is 0.109. The second kappa shape index (κ2) is 6.03. The molecule has 1 aromatic rings. The molecule has 1 amide bonds. The number of carboxylic acids is 1. The average Bonchev–Trinajstić information content (AvgIpc) is 2.78. The van der Waals surface area contributed by atoms with E-state index in [0.717, 1.165) is 18.7 Å². The number of aromatic carboxylic acids is 1. The van der Waals surface area contributed by atoms with E-state index in [2.05, 4.69) is 0 Å². The highest BCUT2D eigenvalue weighted by Crippen LogP contribution is 2.21. The summed E-state index contributed by atoms with van der Waals surface area (Å²) in [7, 11) is 0. The van der Waals surface area contributed by atoms with Crippen molar-refractivity contribution in [1.29, 1.82) is 0 Å². The molecule has 1 heterocycles. The van der Waals surface area contributed by atoms with Crippen molar-refractivity contribution in [2.75, 3.05) is 11.4 Å². The molecule has 0 atom stereocenters. The Morgan fingerprint density at radius 3 is 2.24 bits per heavy atom. The second-order valence-corrected chi connectivity index (χ2v) is 3.50. The molecule has 92 valence electrons. The molecule has 0 spiro atoms. The molecule has 4 heteroatoms. The summed E-state index contributed by atoms with van der Waals surface area (Å²) in [6.07, 6.45) is 1.46. The average molecular weight is 235 g/mol. The Hall–Kier alpha value is -1.84. The first kappa shape index (κ1) is 13.2. The SMILES string of the molecule is CC.O=C(O)c1ccc(N2CCCC2=O)cc1. The summed E-state index contributed by atoms with van der Waals surface area (Å²) in [5.41, 5.74) is 1.02. The molecule has 2 rings (SSSR count). The van der Waals surface area contributed by atoms with Crippen molar-refractivity contribution >= 4 is 17.6 Å². The van der Waals surface area contributed by atoms with Gasteiger partial charge in [-0.3, -0.25) is 4.79 Å². The van der Waals surface area contributed by atoms with Crippen LogP contribution in [0.15, 0.2) is 24.3 Å². The van der Waals surface area contributed by atoms with Gasteiger partial charge in [0.05, 0.1) is 5.56 Å². The van der Waals surface area contributed by atoms with Crippen LogP contribution in [0.3, 0.4) is 0 Å². The Morgan fingerprint density at radius 2 is 1.82 bits per heavy atom. The molecule has 0 aromatic heterocycles. The standard InChI is InChI=1S/C11H11NO3.C2H6/c13-10-2-1-7-12(10)9-5-3-8(4-6-9)11(14)15;1-2/h3-6H,1-2,7H2,(H,14,15);1-2H3. The number of carboxylic acid groups (broad SMARTS) is 1. The van der Waals surface area contributed by atoms with E-state index in [1.165, 1.54) is 12.1 Å². The third-order valence-corrected chi connectivity index (χ3v) is 2.50. The van der Waals surface area contributed by atoms with Crippen LogP contribution < -0.4 is 4.90 Å². The van der Waals surface area contributed by atoms with Crippen LogP contribution in [0.1, 0.15) is 37.0 Å². The molecular weight excluding hydrogens is 218 g/mol. The number of hydrogen-bond donors (Lipinski definition) is 1. The molecule has 17 heavy (non-hydrogen) atoms. The van der Waals surface area contributed by atoms with Crippen molar-refractivity contribution in [1.82, 2.24) is 0 Å². The molecule has 0 aliphatic carbocycles. The van der Waals surface area contributed by atoms with Gasteiger partial charge in [-0.2, -0.15) is 0 Å². The van der Waals surface area contributed by atoms with Gasteiger partial charge in [-0.1, -0.05) is 13.8 Å². The van der Waals surface area contributed by atoms with Crippen LogP contribution in [0, 0.1) is 0 Å². The molecule has 1 aliphatic rings. The van der Waals surface area contributed by atoms with E-state index >= 15 is 0 Å². The number of amides is 1. The van der Waals surface area contributed by atoms with Crippen molar-refractivity contribution in [3.63, 3.8) is 0 Å². The van der Waals surface area contributed by atoms with E-state index in [1.807, 2.05) is 13.8 Å². The van der Waals surface area contributed by atoms with Gasteiger partial charge in [0.25, 0.3) is 0 Å². The zero-order valence-corrected chi connectivity index (χ0v) is 10.1. The van der Waals surface area contributed by atoms with Crippen molar-refractivity contribution in [2.24, 2.45) is 0 Å². The Kier molecular flexibility index (Phi) is 4.69. The minimum atomic E-state index is -0.950. The molecule has 1 saturated heterocycles. The maximum absolute atomic E-state index is 11.4. The molecule has 1 aromatic carbocycles. The zero-order valence-electron chi connectivity index (χ0n) is 10.1. The molecule has 1 fully saturated rings. The van der Waals surface area contributed by atoms with E-state index in [1.54, 1.807) is 17.0 Å². The second-order valence-electron chi connectivity index (χ2n) is 3.50. The van der Waals surface area contributed by atoms with Gasteiger partial charge in [-0.25, -0.2) is 4.79 Å². The van der Waals surface area contributed by atoms with Crippen LogP contribution >= 0.6 is 0 Å². The molecule has 1 N–H and O–H groups in total. The molecule has 4 nitrogen and oxygen atoms in total. The summed E-state index contributed by atoms with van der Waals surface area (Å²) < 4.78 is 0. The van der Waals surface area contributed by atoms with Gasteiger partial charge in [0, 0.05) is 18.7 Å².